The first-order valence-electron chi connectivity index (χ1n) is 5.75. The van der Waals surface area contributed by atoms with Gasteiger partial charge in [-0.3, -0.25) is 4.79 Å². The van der Waals surface area contributed by atoms with Gasteiger partial charge in [0.2, 0.25) is 5.91 Å². The quantitative estimate of drug-likeness (QED) is 0.570. The Morgan fingerprint density at radius 1 is 1.53 bits per heavy atom. The summed E-state index contributed by atoms with van der Waals surface area (Å²) in [5.74, 6) is 0.0531. The van der Waals surface area contributed by atoms with E-state index >= 15 is 0 Å². The highest BCUT2D eigenvalue weighted by molar-refractivity contribution is 5.81. The van der Waals surface area contributed by atoms with E-state index < -0.39 is 0 Å². The molecule has 1 amide bonds. The third-order valence-corrected chi connectivity index (χ3v) is 3.13. The molecule has 1 rings (SSSR count). The Labute approximate surface area is 91.4 Å². The summed E-state index contributed by atoms with van der Waals surface area (Å²) in [6.45, 7) is 5.55. The fourth-order valence-corrected chi connectivity index (χ4v) is 1.72. The summed E-state index contributed by atoms with van der Waals surface area (Å²) in [4.78, 5) is 11.4. The molecule has 1 saturated carbocycles. The summed E-state index contributed by atoms with van der Waals surface area (Å²) >= 11 is 0. The molecule has 0 saturated heterocycles. The van der Waals surface area contributed by atoms with Crippen LogP contribution in [0, 0.1) is 5.41 Å². The van der Waals surface area contributed by atoms with Crippen molar-refractivity contribution in [1.82, 2.24) is 10.6 Å². The van der Waals surface area contributed by atoms with Crippen molar-refractivity contribution in [2.75, 3.05) is 19.7 Å². The maximum Gasteiger partial charge on any atom is 0.236 e. The van der Waals surface area contributed by atoms with Gasteiger partial charge in [0.15, 0.2) is 0 Å². The topological polar surface area (TPSA) is 61.4 Å². The van der Waals surface area contributed by atoms with E-state index in [-0.39, 0.29) is 24.0 Å². The highest BCUT2D eigenvalue weighted by Crippen LogP contribution is 2.47. The van der Waals surface area contributed by atoms with E-state index in [1.165, 1.54) is 12.8 Å². The van der Waals surface area contributed by atoms with Gasteiger partial charge in [-0.2, -0.15) is 0 Å². The summed E-state index contributed by atoms with van der Waals surface area (Å²) < 4.78 is 0. The lowest BCUT2D eigenvalue weighted by Crippen LogP contribution is -2.44. The lowest BCUT2D eigenvalue weighted by molar-refractivity contribution is -0.122. The Morgan fingerprint density at radius 3 is 2.67 bits per heavy atom. The molecule has 4 heteroatoms. The second kappa shape index (κ2) is 5.47. The summed E-state index contributed by atoms with van der Waals surface area (Å²) in [5.41, 5.74) is 0.273. The zero-order valence-electron chi connectivity index (χ0n) is 9.68. The molecule has 1 aliphatic carbocycles. The minimum Gasteiger partial charge on any atom is -0.396 e. The fraction of sp³-hybridized carbons (Fsp3) is 0.909. The largest absolute Gasteiger partial charge is 0.396 e. The molecule has 4 nitrogen and oxygen atoms in total. The molecule has 0 aromatic heterocycles. The van der Waals surface area contributed by atoms with Crippen LogP contribution in [0.25, 0.3) is 0 Å². The predicted molar refractivity (Wildman–Crippen MR) is 59.5 cm³/mol. The van der Waals surface area contributed by atoms with Crippen LogP contribution in [0.4, 0.5) is 0 Å². The minimum absolute atomic E-state index is 0.0531. The third kappa shape index (κ3) is 3.80. The average molecular weight is 214 g/mol. The molecule has 1 unspecified atom stereocenters. The monoisotopic (exact) mass is 214 g/mol. The molecule has 0 aromatic rings. The summed E-state index contributed by atoms with van der Waals surface area (Å²) in [5, 5.41) is 14.9. The highest BCUT2D eigenvalue weighted by atomic mass is 16.3. The Balaban J connectivity index is 2.21. The summed E-state index contributed by atoms with van der Waals surface area (Å²) in [7, 11) is 0. The van der Waals surface area contributed by atoms with Crippen LogP contribution in [0.3, 0.4) is 0 Å². The molecule has 0 spiro atoms. The molecule has 0 heterocycles. The zero-order chi connectivity index (χ0) is 11.3. The number of amides is 1. The van der Waals surface area contributed by atoms with E-state index in [1.807, 2.05) is 13.8 Å². The number of rotatable bonds is 7. The second-order valence-corrected chi connectivity index (χ2v) is 4.47. The number of hydrogen-bond donors (Lipinski definition) is 3. The van der Waals surface area contributed by atoms with Crippen LogP contribution in [-0.4, -0.2) is 36.8 Å². The minimum atomic E-state index is -0.138. The van der Waals surface area contributed by atoms with Gasteiger partial charge in [0, 0.05) is 19.7 Å². The number of likely N-dealkylation sites (N-methyl/N-ethyl adjacent to an activating group) is 1. The number of aliphatic hydroxyl groups excluding tert-OH is 1. The van der Waals surface area contributed by atoms with Gasteiger partial charge >= 0.3 is 0 Å². The van der Waals surface area contributed by atoms with Gasteiger partial charge in [0.1, 0.15) is 0 Å². The normalized spacial score (nSPS) is 19.7. The number of nitrogens with one attached hydrogen (secondary N) is 2. The second-order valence-electron chi connectivity index (χ2n) is 4.47. The molecule has 3 N–H and O–H groups in total. The molecule has 1 aliphatic rings. The van der Waals surface area contributed by atoms with E-state index in [4.69, 9.17) is 5.11 Å². The highest BCUT2D eigenvalue weighted by Gasteiger charge is 2.41. The maximum atomic E-state index is 11.4. The zero-order valence-corrected chi connectivity index (χ0v) is 9.68. The summed E-state index contributed by atoms with van der Waals surface area (Å²) in [6, 6.07) is -0.138. The Morgan fingerprint density at radius 2 is 2.20 bits per heavy atom. The van der Waals surface area contributed by atoms with Crippen molar-refractivity contribution < 1.29 is 9.90 Å². The smallest absolute Gasteiger partial charge is 0.236 e. The van der Waals surface area contributed by atoms with Gasteiger partial charge < -0.3 is 15.7 Å². The van der Waals surface area contributed by atoms with Gasteiger partial charge in [-0.1, -0.05) is 0 Å². The lowest BCUT2D eigenvalue weighted by atomic mass is 10.0. The van der Waals surface area contributed by atoms with E-state index in [2.05, 4.69) is 10.6 Å². The van der Waals surface area contributed by atoms with Crippen LogP contribution < -0.4 is 10.6 Å². The molecule has 1 fully saturated rings. The van der Waals surface area contributed by atoms with Crippen molar-refractivity contribution in [3.63, 3.8) is 0 Å². The van der Waals surface area contributed by atoms with Crippen LogP contribution in [0.2, 0.25) is 0 Å². The van der Waals surface area contributed by atoms with Crippen molar-refractivity contribution in [2.45, 2.75) is 39.2 Å². The number of hydrogen-bond acceptors (Lipinski definition) is 3. The predicted octanol–water partition coefficient (Wildman–Crippen LogP) is 0.263. The SMILES string of the molecule is CCNC(=O)C(C)NCC1(CCO)CC1. The van der Waals surface area contributed by atoms with E-state index in [9.17, 15) is 4.79 Å². The van der Waals surface area contributed by atoms with Gasteiger partial charge in [-0.05, 0) is 38.5 Å². The van der Waals surface area contributed by atoms with Gasteiger partial charge in [0.25, 0.3) is 0 Å². The van der Waals surface area contributed by atoms with Crippen LogP contribution in [0.1, 0.15) is 33.1 Å². The van der Waals surface area contributed by atoms with E-state index in [0.717, 1.165) is 13.0 Å². The summed E-state index contributed by atoms with van der Waals surface area (Å²) in [6.07, 6.45) is 3.19. The average Bonchev–Trinajstić information content (AvgIpc) is 2.96. The van der Waals surface area contributed by atoms with E-state index in [1.54, 1.807) is 0 Å². The van der Waals surface area contributed by atoms with Crippen LogP contribution >= 0.6 is 0 Å². The third-order valence-electron chi connectivity index (χ3n) is 3.13. The first-order chi connectivity index (χ1) is 7.13. The van der Waals surface area contributed by atoms with Crippen molar-refractivity contribution >= 4 is 5.91 Å². The number of aliphatic hydroxyl groups is 1. The molecular weight excluding hydrogens is 192 g/mol. The van der Waals surface area contributed by atoms with Crippen molar-refractivity contribution in [2.24, 2.45) is 5.41 Å². The van der Waals surface area contributed by atoms with E-state index in [0.29, 0.717) is 6.54 Å². The molecule has 0 bridgehead atoms. The van der Waals surface area contributed by atoms with Crippen molar-refractivity contribution in [3.05, 3.63) is 0 Å². The van der Waals surface area contributed by atoms with Gasteiger partial charge in [-0.25, -0.2) is 0 Å². The van der Waals surface area contributed by atoms with Crippen LogP contribution in [0.15, 0.2) is 0 Å². The first kappa shape index (κ1) is 12.5. The van der Waals surface area contributed by atoms with Crippen LogP contribution in [0.5, 0.6) is 0 Å². The Kier molecular flexibility index (Phi) is 4.54. The lowest BCUT2D eigenvalue weighted by Gasteiger charge is -2.18. The first-order valence-corrected chi connectivity index (χ1v) is 5.75. The maximum absolute atomic E-state index is 11.4. The standard InChI is InChI=1S/C11H22N2O2/c1-3-12-10(15)9(2)13-8-11(4-5-11)6-7-14/h9,13-14H,3-8H2,1-2H3,(H,12,15). The van der Waals surface area contributed by atoms with Crippen molar-refractivity contribution in [1.29, 1.82) is 0 Å². The molecule has 0 radical (unpaired) electrons. The van der Waals surface area contributed by atoms with Crippen molar-refractivity contribution in [3.8, 4) is 0 Å². The molecular formula is C11H22N2O2. The van der Waals surface area contributed by atoms with Crippen LogP contribution in [-0.2, 0) is 4.79 Å². The number of carbonyl (C=O) groups is 1. The molecule has 0 aromatic carbocycles. The van der Waals surface area contributed by atoms with Gasteiger partial charge in [-0.15, -0.1) is 0 Å². The molecule has 1 atom stereocenters. The molecule has 88 valence electrons. The fourth-order valence-electron chi connectivity index (χ4n) is 1.72. The molecule has 0 aliphatic heterocycles. The molecule has 15 heavy (non-hydrogen) atoms. The van der Waals surface area contributed by atoms with Gasteiger partial charge in [0.05, 0.1) is 6.04 Å². The Bertz CT molecular complexity index is 215. The number of carbonyl (C=O) groups excluding carboxylic acids is 1. The Hall–Kier alpha value is -0.610.